The Hall–Kier alpha value is -4.18. The van der Waals surface area contributed by atoms with Crippen molar-refractivity contribution in [3.63, 3.8) is 0 Å². The quantitative estimate of drug-likeness (QED) is 0.0924. The molecule has 0 saturated heterocycles. The first-order chi connectivity index (χ1) is 16.7. The van der Waals surface area contributed by atoms with Crippen LogP contribution in [-0.4, -0.2) is 23.0 Å². The maximum atomic E-state index is 13.1. The van der Waals surface area contributed by atoms with Gasteiger partial charge in [0.25, 0.3) is 11.6 Å². The highest BCUT2D eigenvalue weighted by atomic mass is 127. The molecular weight excluding hydrogens is 572 g/mol. The molecule has 0 spiro atoms. The molecule has 0 saturated carbocycles. The molecule has 0 unspecified atom stereocenters. The van der Waals surface area contributed by atoms with Crippen LogP contribution in [-0.2, 0) is 11.4 Å². The first kappa shape index (κ1) is 25.4. The van der Waals surface area contributed by atoms with E-state index in [0.717, 1.165) is 17.7 Å². The molecule has 0 fully saturated rings. The fraction of sp³-hybridized carbons (Fsp3) is 0.0833. The molecular formula is C24H17FIN3O6. The van der Waals surface area contributed by atoms with Crippen LogP contribution >= 0.6 is 22.6 Å². The molecule has 0 aliphatic heterocycles. The number of nitro groups is 1. The van der Waals surface area contributed by atoms with Crippen LogP contribution < -0.4 is 14.8 Å². The van der Waals surface area contributed by atoms with Gasteiger partial charge >= 0.3 is 0 Å². The van der Waals surface area contributed by atoms with Gasteiger partial charge in [0, 0.05) is 6.07 Å². The van der Waals surface area contributed by atoms with E-state index in [4.69, 9.17) is 9.47 Å². The molecule has 0 heterocycles. The number of methoxy groups -OCH3 is 1. The van der Waals surface area contributed by atoms with Crippen molar-refractivity contribution in [3.05, 3.63) is 90.8 Å². The molecule has 0 aromatic heterocycles. The van der Waals surface area contributed by atoms with Gasteiger partial charge in [-0.1, -0.05) is 12.1 Å². The number of phenols is 1. The second-order valence-electron chi connectivity index (χ2n) is 7.03. The van der Waals surface area contributed by atoms with Crippen molar-refractivity contribution in [3.8, 4) is 23.3 Å². The van der Waals surface area contributed by atoms with Crippen molar-refractivity contribution in [1.29, 1.82) is 5.26 Å². The maximum absolute atomic E-state index is 13.1. The lowest BCUT2D eigenvalue weighted by Crippen LogP contribution is -2.13. The molecule has 3 aromatic carbocycles. The van der Waals surface area contributed by atoms with E-state index < -0.39 is 16.6 Å². The van der Waals surface area contributed by atoms with E-state index >= 15 is 0 Å². The summed E-state index contributed by atoms with van der Waals surface area (Å²) in [6, 6.07) is 14.1. The summed E-state index contributed by atoms with van der Waals surface area (Å²) in [5.74, 6) is -0.881. The Kier molecular flexibility index (Phi) is 8.21. The minimum atomic E-state index is -0.817. The van der Waals surface area contributed by atoms with Gasteiger partial charge in [-0.2, -0.15) is 5.26 Å². The Bertz CT molecular complexity index is 1350. The molecule has 0 aliphatic rings. The van der Waals surface area contributed by atoms with Crippen molar-refractivity contribution >= 4 is 45.9 Å². The SMILES string of the molecule is COc1cc(C=C(C#N)C(=O)Nc2ccc([N+](=O)[O-])cc2O)cc(I)c1OCc1ccc(F)cc1. The number of halogens is 2. The highest BCUT2D eigenvalue weighted by molar-refractivity contribution is 14.1. The van der Waals surface area contributed by atoms with E-state index in [9.17, 15) is 29.7 Å². The number of nitriles is 1. The lowest BCUT2D eigenvalue weighted by molar-refractivity contribution is -0.384. The smallest absolute Gasteiger partial charge is 0.273 e. The van der Waals surface area contributed by atoms with Crippen LogP contribution in [0.1, 0.15) is 11.1 Å². The van der Waals surface area contributed by atoms with E-state index in [1.807, 2.05) is 22.6 Å². The zero-order chi connectivity index (χ0) is 25.5. The van der Waals surface area contributed by atoms with Gasteiger partial charge in [-0.25, -0.2) is 4.39 Å². The minimum Gasteiger partial charge on any atom is -0.506 e. The Labute approximate surface area is 212 Å². The van der Waals surface area contributed by atoms with Gasteiger partial charge in [0.1, 0.15) is 29.8 Å². The van der Waals surface area contributed by atoms with Gasteiger partial charge in [0.05, 0.1) is 27.4 Å². The lowest BCUT2D eigenvalue weighted by Gasteiger charge is -2.14. The van der Waals surface area contributed by atoms with Crippen molar-refractivity contribution in [1.82, 2.24) is 0 Å². The van der Waals surface area contributed by atoms with Gasteiger partial charge in [0.2, 0.25) is 0 Å². The van der Waals surface area contributed by atoms with Crippen molar-refractivity contribution in [2.24, 2.45) is 0 Å². The second kappa shape index (κ2) is 11.3. The summed E-state index contributed by atoms with van der Waals surface area (Å²) < 4.78 is 25.0. The molecule has 0 bridgehead atoms. The van der Waals surface area contributed by atoms with Gasteiger partial charge in [-0.15, -0.1) is 0 Å². The van der Waals surface area contributed by atoms with E-state index in [-0.39, 0.29) is 29.4 Å². The number of benzene rings is 3. The van der Waals surface area contributed by atoms with Crippen molar-refractivity contribution in [2.45, 2.75) is 6.61 Å². The fourth-order valence-electron chi connectivity index (χ4n) is 2.94. The largest absolute Gasteiger partial charge is 0.506 e. The number of carbonyl (C=O) groups excluding carboxylic acids is 1. The predicted octanol–water partition coefficient (Wildman–Crippen LogP) is 5.18. The summed E-state index contributed by atoms with van der Waals surface area (Å²) in [5, 5.41) is 32.6. The summed E-state index contributed by atoms with van der Waals surface area (Å²) in [4.78, 5) is 22.7. The number of carbonyl (C=O) groups is 1. The molecule has 9 nitrogen and oxygen atoms in total. The first-order valence-corrected chi connectivity index (χ1v) is 10.9. The molecule has 0 aliphatic carbocycles. The number of hydrogen-bond donors (Lipinski definition) is 2. The number of hydrogen-bond acceptors (Lipinski definition) is 7. The molecule has 178 valence electrons. The summed E-state index contributed by atoms with van der Waals surface area (Å²) in [5.41, 5.74) is 0.519. The summed E-state index contributed by atoms with van der Waals surface area (Å²) in [6.07, 6.45) is 1.33. The number of anilines is 1. The zero-order valence-electron chi connectivity index (χ0n) is 18.1. The predicted molar refractivity (Wildman–Crippen MR) is 133 cm³/mol. The maximum Gasteiger partial charge on any atom is 0.273 e. The van der Waals surface area contributed by atoms with Crippen molar-refractivity contribution in [2.75, 3.05) is 12.4 Å². The number of non-ortho nitro benzene ring substituents is 1. The van der Waals surface area contributed by atoms with Crippen LogP contribution in [0.4, 0.5) is 15.8 Å². The number of aromatic hydroxyl groups is 1. The summed E-state index contributed by atoms with van der Waals surface area (Å²) >= 11 is 2.02. The van der Waals surface area contributed by atoms with Crippen LogP contribution in [0.3, 0.4) is 0 Å². The number of phenolic OH excluding ortho intramolecular Hbond substituents is 1. The third-order valence-corrected chi connectivity index (χ3v) is 5.47. The van der Waals surface area contributed by atoms with Crippen LogP contribution in [0.25, 0.3) is 6.08 Å². The van der Waals surface area contributed by atoms with E-state index in [1.54, 1.807) is 30.3 Å². The monoisotopic (exact) mass is 589 g/mol. The number of rotatable bonds is 8. The third-order valence-electron chi connectivity index (χ3n) is 4.66. The molecule has 1 amide bonds. The minimum absolute atomic E-state index is 0.0848. The highest BCUT2D eigenvalue weighted by Gasteiger charge is 2.17. The molecule has 3 aromatic rings. The van der Waals surface area contributed by atoms with Crippen LogP contribution in [0.5, 0.6) is 17.2 Å². The Morgan fingerprint density at radius 2 is 1.97 bits per heavy atom. The Balaban J connectivity index is 1.81. The fourth-order valence-corrected chi connectivity index (χ4v) is 3.72. The summed E-state index contributed by atoms with van der Waals surface area (Å²) in [7, 11) is 1.44. The highest BCUT2D eigenvalue weighted by Crippen LogP contribution is 2.35. The molecule has 35 heavy (non-hydrogen) atoms. The number of nitro benzene ring substituents is 1. The van der Waals surface area contributed by atoms with E-state index in [0.29, 0.717) is 20.6 Å². The molecule has 11 heteroatoms. The second-order valence-corrected chi connectivity index (χ2v) is 8.19. The average molecular weight is 589 g/mol. The number of nitrogens with one attached hydrogen (secondary N) is 1. The van der Waals surface area contributed by atoms with Gasteiger partial charge in [0.15, 0.2) is 11.5 Å². The zero-order valence-corrected chi connectivity index (χ0v) is 20.3. The normalized spacial score (nSPS) is 10.9. The first-order valence-electron chi connectivity index (χ1n) is 9.87. The molecule has 3 rings (SSSR count). The third kappa shape index (κ3) is 6.45. The standard InChI is InChI=1S/C24H17FIN3O6/c1-34-22-10-15(9-19(26)23(22)35-13-14-2-4-17(25)5-3-14)8-16(12-27)24(31)28-20-7-6-18(29(32)33)11-21(20)30/h2-11,30H,13H2,1H3,(H,28,31). The van der Waals surface area contributed by atoms with Crippen LogP contribution in [0.2, 0.25) is 0 Å². The Morgan fingerprint density at radius 3 is 2.57 bits per heavy atom. The molecule has 0 atom stereocenters. The lowest BCUT2D eigenvalue weighted by atomic mass is 10.1. The van der Waals surface area contributed by atoms with E-state index in [1.165, 1.54) is 31.4 Å². The van der Waals surface area contributed by atoms with Gasteiger partial charge in [-0.3, -0.25) is 14.9 Å². The number of amides is 1. The van der Waals surface area contributed by atoms with Crippen LogP contribution in [0, 0.1) is 30.8 Å². The summed E-state index contributed by atoms with van der Waals surface area (Å²) in [6.45, 7) is 0.173. The van der Waals surface area contributed by atoms with Crippen LogP contribution in [0.15, 0.2) is 60.2 Å². The molecule has 2 N–H and O–H groups in total. The number of ether oxygens (including phenoxy) is 2. The topological polar surface area (TPSA) is 135 Å². The number of nitrogens with zero attached hydrogens (tertiary/aromatic N) is 2. The molecule has 0 radical (unpaired) electrons. The van der Waals surface area contributed by atoms with E-state index in [2.05, 4.69) is 5.32 Å². The Morgan fingerprint density at radius 1 is 1.26 bits per heavy atom. The van der Waals surface area contributed by atoms with Gasteiger partial charge in [-0.05, 0) is 70.1 Å². The average Bonchev–Trinajstić information content (AvgIpc) is 2.83. The van der Waals surface area contributed by atoms with Gasteiger partial charge < -0.3 is 19.9 Å². The van der Waals surface area contributed by atoms with Crippen molar-refractivity contribution < 1.29 is 28.7 Å².